The van der Waals surface area contributed by atoms with Crippen LogP contribution in [0.2, 0.25) is 0 Å². The van der Waals surface area contributed by atoms with E-state index in [4.69, 9.17) is 0 Å². The van der Waals surface area contributed by atoms with Crippen molar-refractivity contribution in [2.24, 2.45) is 7.05 Å². The summed E-state index contributed by atoms with van der Waals surface area (Å²) in [6.45, 7) is 0. The molecule has 2 nitrogen and oxygen atoms in total. The average Bonchev–Trinajstić information content (AvgIpc) is 3.35. The van der Waals surface area contributed by atoms with E-state index in [1.54, 1.807) is 0 Å². The van der Waals surface area contributed by atoms with Crippen molar-refractivity contribution in [3.8, 4) is 11.1 Å². The maximum absolute atomic E-state index is 2.41. The van der Waals surface area contributed by atoms with Gasteiger partial charge >= 0.3 is 0 Å². The third kappa shape index (κ3) is 3.65. The zero-order valence-electron chi connectivity index (χ0n) is 22.8. The molecule has 8 aromatic rings. The Balaban J connectivity index is 1.34. The molecule has 0 spiro atoms. The predicted octanol–water partition coefficient (Wildman–Crippen LogP) is 10.8. The molecule has 0 unspecified atom stereocenters. The second-order valence-electron chi connectivity index (χ2n) is 10.6. The third-order valence-corrected chi connectivity index (χ3v) is 8.35. The lowest BCUT2D eigenvalue weighted by Gasteiger charge is -2.25. The van der Waals surface area contributed by atoms with E-state index in [1.807, 2.05) is 0 Å². The van der Waals surface area contributed by atoms with Gasteiger partial charge in [-0.3, -0.25) is 0 Å². The molecule has 0 aliphatic heterocycles. The molecule has 0 atom stereocenters. The molecule has 0 aliphatic rings. The molecule has 1 aromatic heterocycles. The first-order chi connectivity index (χ1) is 20.3. The monoisotopic (exact) mass is 524 g/mol. The Kier molecular flexibility index (Phi) is 5.39. The van der Waals surface area contributed by atoms with E-state index < -0.39 is 0 Å². The Bertz CT molecular complexity index is 2150. The van der Waals surface area contributed by atoms with E-state index in [0.29, 0.717) is 0 Å². The van der Waals surface area contributed by atoms with Crippen LogP contribution in [-0.2, 0) is 7.05 Å². The smallest absolute Gasteiger partial charge is 0.0575 e. The number of rotatable bonds is 4. The summed E-state index contributed by atoms with van der Waals surface area (Å²) in [5.74, 6) is 0. The molecular formula is C39H28N2. The molecule has 7 aromatic carbocycles. The highest BCUT2D eigenvalue weighted by Gasteiger charge is 2.19. The summed E-state index contributed by atoms with van der Waals surface area (Å²) in [6.07, 6.45) is 0. The van der Waals surface area contributed by atoms with Gasteiger partial charge in [0, 0.05) is 45.8 Å². The summed E-state index contributed by atoms with van der Waals surface area (Å²) in [5.41, 5.74) is 8.42. The number of para-hydroxylation sites is 3. The normalized spacial score (nSPS) is 11.5. The highest BCUT2D eigenvalue weighted by Crippen LogP contribution is 2.43. The quantitative estimate of drug-likeness (QED) is 0.208. The molecule has 1 heterocycles. The van der Waals surface area contributed by atoms with Crippen LogP contribution < -0.4 is 4.90 Å². The lowest BCUT2D eigenvalue weighted by Crippen LogP contribution is -2.09. The molecule has 0 radical (unpaired) electrons. The maximum Gasteiger partial charge on any atom is 0.0575 e. The third-order valence-electron chi connectivity index (χ3n) is 8.35. The summed E-state index contributed by atoms with van der Waals surface area (Å²) in [7, 11) is 2.22. The zero-order chi connectivity index (χ0) is 27.3. The molecule has 0 bridgehead atoms. The highest BCUT2D eigenvalue weighted by molar-refractivity contribution is 6.32. The first kappa shape index (κ1) is 23.5. The first-order valence-electron chi connectivity index (χ1n) is 14.1. The SMILES string of the molecule is Cn1c2c(-c3ccc(N(c4ccccc4)c4ccccc4)cc3)cccc2c2c3ccccc3c3ccccc3c21. The predicted molar refractivity (Wildman–Crippen MR) is 176 cm³/mol. The molecule has 194 valence electrons. The topological polar surface area (TPSA) is 8.17 Å². The maximum atomic E-state index is 2.41. The number of fused-ring (bicyclic) bond motifs is 8. The Morgan fingerprint density at radius 3 is 1.51 bits per heavy atom. The lowest BCUT2D eigenvalue weighted by molar-refractivity contribution is 1.02. The van der Waals surface area contributed by atoms with Crippen LogP contribution in [0.3, 0.4) is 0 Å². The Labute approximate surface area is 239 Å². The van der Waals surface area contributed by atoms with Crippen LogP contribution in [0, 0.1) is 0 Å². The van der Waals surface area contributed by atoms with Crippen LogP contribution in [0.15, 0.2) is 152 Å². The number of benzene rings is 7. The van der Waals surface area contributed by atoms with E-state index in [-0.39, 0.29) is 0 Å². The summed E-state index contributed by atoms with van der Waals surface area (Å²) in [6, 6.07) is 54.5. The second kappa shape index (κ2) is 9.39. The standard InChI is InChI=1S/C39H28N2/c1-40-38-31(27-23-25-30(26-24-27)41(28-13-4-2-5-14-28)29-15-6-3-7-16-29)21-12-22-36(38)37-34-19-10-8-17-32(34)33-18-9-11-20-35(33)39(37)40/h2-26H,1H3. The number of hydrogen-bond acceptors (Lipinski definition) is 1. The molecule has 0 saturated heterocycles. The summed E-state index contributed by atoms with van der Waals surface area (Å²) >= 11 is 0. The van der Waals surface area contributed by atoms with Gasteiger partial charge in [-0.1, -0.05) is 115 Å². The minimum absolute atomic E-state index is 1.13. The fraction of sp³-hybridized carbons (Fsp3) is 0.0256. The van der Waals surface area contributed by atoms with Crippen molar-refractivity contribution < 1.29 is 0 Å². The molecule has 0 saturated carbocycles. The number of hydrogen-bond donors (Lipinski definition) is 0. The lowest BCUT2D eigenvalue weighted by atomic mass is 9.96. The molecule has 8 rings (SSSR count). The number of aromatic nitrogens is 1. The van der Waals surface area contributed by atoms with Crippen molar-refractivity contribution in [1.82, 2.24) is 4.57 Å². The van der Waals surface area contributed by atoms with Crippen molar-refractivity contribution >= 4 is 60.4 Å². The van der Waals surface area contributed by atoms with Crippen molar-refractivity contribution in [3.05, 3.63) is 152 Å². The minimum atomic E-state index is 1.13. The van der Waals surface area contributed by atoms with Gasteiger partial charge in [-0.2, -0.15) is 0 Å². The highest BCUT2D eigenvalue weighted by atomic mass is 15.1. The fourth-order valence-corrected chi connectivity index (χ4v) is 6.59. The first-order valence-corrected chi connectivity index (χ1v) is 14.1. The summed E-state index contributed by atoms with van der Waals surface area (Å²) in [4.78, 5) is 2.31. The molecular weight excluding hydrogens is 496 g/mol. The molecule has 0 amide bonds. The molecule has 41 heavy (non-hydrogen) atoms. The van der Waals surface area contributed by atoms with E-state index in [0.717, 1.165) is 17.1 Å². The van der Waals surface area contributed by atoms with Crippen molar-refractivity contribution in [3.63, 3.8) is 0 Å². The van der Waals surface area contributed by atoms with Crippen LogP contribution in [-0.4, -0.2) is 4.57 Å². The largest absolute Gasteiger partial charge is 0.343 e. The summed E-state index contributed by atoms with van der Waals surface area (Å²) < 4.78 is 2.41. The van der Waals surface area contributed by atoms with Gasteiger partial charge in [0.25, 0.3) is 0 Å². The molecule has 2 heteroatoms. The van der Waals surface area contributed by atoms with Gasteiger partial charge < -0.3 is 9.47 Å². The molecule has 0 aliphatic carbocycles. The number of nitrogens with zero attached hydrogens (tertiary/aromatic N) is 2. The van der Waals surface area contributed by atoms with Gasteiger partial charge in [-0.25, -0.2) is 0 Å². The van der Waals surface area contributed by atoms with Crippen molar-refractivity contribution in [2.75, 3.05) is 4.90 Å². The number of aryl methyl sites for hydroxylation is 1. The van der Waals surface area contributed by atoms with Crippen LogP contribution in [0.5, 0.6) is 0 Å². The van der Waals surface area contributed by atoms with E-state index in [2.05, 4.69) is 168 Å². The van der Waals surface area contributed by atoms with Crippen LogP contribution in [0.1, 0.15) is 0 Å². The van der Waals surface area contributed by atoms with E-state index in [1.165, 1.54) is 54.5 Å². The van der Waals surface area contributed by atoms with Gasteiger partial charge in [0.15, 0.2) is 0 Å². The van der Waals surface area contributed by atoms with Crippen LogP contribution in [0.4, 0.5) is 17.1 Å². The second-order valence-corrected chi connectivity index (χ2v) is 10.6. The molecule has 0 fully saturated rings. The minimum Gasteiger partial charge on any atom is -0.343 e. The number of anilines is 3. The van der Waals surface area contributed by atoms with E-state index in [9.17, 15) is 0 Å². The fourth-order valence-electron chi connectivity index (χ4n) is 6.59. The van der Waals surface area contributed by atoms with Gasteiger partial charge in [-0.05, 0) is 58.1 Å². The Morgan fingerprint density at radius 1 is 0.390 bits per heavy atom. The van der Waals surface area contributed by atoms with Crippen LogP contribution in [0.25, 0.3) is 54.5 Å². The zero-order valence-corrected chi connectivity index (χ0v) is 22.8. The van der Waals surface area contributed by atoms with Crippen molar-refractivity contribution in [2.45, 2.75) is 0 Å². The summed E-state index contributed by atoms with van der Waals surface area (Å²) in [5, 5.41) is 7.83. The van der Waals surface area contributed by atoms with Crippen molar-refractivity contribution in [1.29, 1.82) is 0 Å². The molecule has 0 N–H and O–H groups in total. The van der Waals surface area contributed by atoms with Gasteiger partial charge in [0.1, 0.15) is 0 Å². The van der Waals surface area contributed by atoms with Gasteiger partial charge in [0.05, 0.1) is 11.0 Å². The van der Waals surface area contributed by atoms with E-state index >= 15 is 0 Å². The average molecular weight is 525 g/mol. The van der Waals surface area contributed by atoms with Crippen LogP contribution >= 0.6 is 0 Å². The van der Waals surface area contributed by atoms with Gasteiger partial charge in [-0.15, -0.1) is 0 Å². The van der Waals surface area contributed by atoms with Gasteiger partial charge in [0.2, 0.25) is 0 Å². The Morgan fingerprint density at radius 2 is 0.878 bits per heavy atom. The Hall–Kier alpha value is -5.34.